The van der Waals surface area contributed by atoms with E-state index < -0.39 is 24.0 Å². The number of quaternary nitrogens is 1. The quantitative estimate of drug-likeness (QED) is 0.236. The van der Waals surface area contributed by atoms with Crippen LogP contribution in [0.1, 0.15) is 69.4 Å². The van der Waals surface area contributed by atoms with E-state index in [4.69, 9.17) is 14.2 Å². The van der Waals surface area contributed by atoms with Gasteiger partial charge >= 0.3 is 12.1 Å². The Bertz CT molecular complexity index is 1190. The van der Waals surface area contributed by atoms with Crippen LogP contribution < -0.4 is 0 Å². The number of hydrogen-bond donors (Lipinski definition) is 0. The molecule has 8 heteroatoms. The molecule has 0 saturated carbocycles. The van der Waals surface area contributed by atoms with Gasteiger partial charge in [-0.25, -0.2) is 9.59 Å². The Kier molecular flexibility index (Phi) is 8.81. The van der Waals surface area contributed by atoms with Gasteiger partial charge in [-0.1, -0.05) is 60.7 Å². The number of esters is 1. The fourth-order valence-corrected chi connectivity index (χ4v) is 8.53. The summed E-state index contributed by atoms with van der Waals surface area (Å²) in [5.41, 5.74) is -0.276. The Hall–Kier alpha value is -2.94. The zero-order chi connectivity index (χ0) is 30.0. The molecule has 232 valence electrons. The third-order valence-electron chi connectivity index (χ3n) is 10.7. The highest BCUT2D eigenvalue weighted by atomic mass is 16.7. The van der Waals surface area contributed by atoms with Gasteiger partial charge in [0, 0.05) is 57.7 Å². The predicted molar refractivity (Wildman–Crippen MR) is 164 cm³/mol. The fourth-order valence-electron chi connectivity index (χ4n) is 8.53. The normalized spacial score (nSPS) is 26.0. The summed E-state index contributed by atoms with van der Waals surface area (Å²) >= 11 is 0. The summed E-state index contributed by atoms with van der Waals surface area (Å²) in [6, 6.07) is 20.6. The van der Waals surface area contributed by atoms with E-state index in [2.05, 4.69) is 19.0 Å². The van der Waals surface area contributed by atoms with E-state index in [0.717, 1.165) is 25.7 Å². The van der Waals surface area contributed by atoms with Gasteiger partial charge in [0.25, 0.3) is 0 Å². The van der Waals surface area contributed by atoms with Gasteiger partial charge in [0.15, 0.2) is 0 Å². The SMILES string of the molecule is C[C@@H](OC(=O)N1CCC(N(C)C)CC1)OC(C(=O)OC1CC2CCC(C1)[N+]21CCCC1)(c1ccccc1)c1ccccc1. The lowest BCUT2D eigenvalue weighted by Gasteiger charge is -2.47. The molecule has 4 aliphatic heterocycles. The Morgan fingerprint density at radius 1 is 0.860 bits per heavy atom. The van der Waals surface area contributed by atoms with E-state index in [1.165, 1.54) is 43.3 Å². The van der Waals surface area contributed by atoms with Crippen molar-refractivity contribution in [3.8, 4) is 0 Å². The van der Waals surface area contributed by atoms with Crippen LogP contribution in [0.5, 0.6) is 0 Å². The molecule has 4 saturated heterocycles. The minimum atomic E-state index is -1.59. The van der Waals surface area contributed by atoms with Gasteiger partial charge in [0.2, 0.25) is 11.9 Å². The van der Waals surface area contributed by atoms with E-state index in [-0.39, 0.29) is 6.10 Å². The van der Waals surface area contributed by atoms with Gasteiger partial charge in [-0.3, -0.25) is 0 Å². The molecule has 1 spiro atoms. The molecule has 4 aliphatic rings. The smallest absolute Gasteiger partial charge is 0.412 e. The van der Waals surface area contributed by atoms with Crippen molar-refractivity contribution in [2.75, 3.05) is 40.3 Å². The van der Waals surface area contributed by atoms with Crippen molar-refractivity contribution < 1.29 is 28.3 Å². The van der Waals surface area contributed by atoms with Crippen molar-refractivity contribution in [2.24, 2.45) is 0 Å². The summed E-state index contributed by atoms with van der Waals surface area (Å²) in [6.45, 7) is 5.49. The summed E-state index contributed by atoms with van der Waals surface area (Å²) < 4.78 is 20.2. The van der Waals surface area contributed by atoms with Crippen LogP contribution in [0, 0.1) is 0 Å². The maximum absolute atomic E-state index is 14.6. The molecule has 2 unspecified atom stereocenters. The second-order valence-corrected chi connectivity index (χ2v) is 13.3. The molecule has 2 aromatic carbocycles. The van der Waals surface area contributed by atoms with Crippen LogP contribution in [0.3, 0.4) is 0 Å². The number of benzene rings is 2. The number of carbonyl (C=O) groups excluding carboxylic acids is 2. The summed E-state index contributed by atoms with van der Waals surface area (Å²) in [7, 11) is 4.15. The van der Waals surface area contributed by atoms with E-state index in [9.17, 15) is 9.59 Å². The van der Waals surface area contributed by atoms with Crippen LogP contribution in [0.4, 0.5) is 4.79 Å². The average Bonchev–Trinajstić information content (AvgIpc) is 3.57. The number of rotatable bonds is 8. The van der Waals surface area contributed by atoms with Crippen molar-refractivity contribution in [3.05, 3.63) is 71.8 Å². The minimum Gasteiger partial charge on any atom is -0.459 e. The molecule has 1 amide bonds. The largest absolute Gasteiger partial charge is 0.459 e. The first-order valence-electron chi connectivity index (χ1n) is 16.3. The van der Waals surface area contributed by atoms with Gasteiger partial charge in [0.1, 0.15) is 6.10 Å². The molecular formula is C35H48N3O5+. The molecule has 43 heavy (non-hydrogen) atoms. The molecule has 4 heterocycles. The summed E-state index contributed by atoms with van der Waals surface area (Å²) in [5.74, 6) is -0.445. The number of ether oxygens (including phenoxy) is 3. The minimum absolute atomic E-state index is 0.152. The molecular weight excluding hydrogens is 542 g/mol. The topological polar surface area (TPSA) is 68.3 Å². The summed E-state index contributed by atoms with van der Waals surface area (Å²) in [5, 5.41) is 0. The van der Waals surface area contributed by atoms with Gasteiger partial charge in [0.05, 0.1) is 25.2 Å². The first-order valence-corrected chi connectivity index (χ1v) is 16.3. The highest BCUT2D eigenvalue weighted by Crippen LogP contribution is 2.47. The number of amides is 1. The predicted octanol–water partition coefficient (Wildman–Crippen LogP) is 5.30. The molecule has 0 aliphatic carbocycles. The molecule has 2 aromatic rings. The molecule has 2 bridgehead atoms. The zero-order valence-electron chi connectivity index (χ0n) is 26.0. The monoisotopic (exact) mass is 590 g/mol. The number of likely N-dealkylation sites (tertiary alicyclic amines) is 1. The van der Waals surface area contributed by atoms with Crippen LogP contribution in [-0.2, 0) is 24.6 Å². The van der Waals surface area contributed by atoms with Crippen molar-refractivity contribution in [1.29, 1.82) is 0 Å². The van der Waals surface area contributed by atoms with Gasteiger partial charge in [-0.2, -0.15) is 0 Å². The molecule has 0 radical (unpaired) electrons. The van der Waals surface area contributed by atoms with Crippen LogP contribution in [0.25, 0.3) is 0 Å². The van der Waals surface area contributed by atoms with Gasteiger partial charge in [-0.15, -0.1) is 0 Å². The highest BCUT2D eigenvalue weighted by molar-refractivity contribution is 5.86. The first-order chi connectivity index (χ1) is 20.8. The third kappa shape index (κ3) is 5.81. The first kappa shape index (κ1) is 30.1. The average molecular weight is 591 g/mol. The molecule has 6 rings (SSSR count). The second kappa shape index (κ2) is 12.6. The Morgan fingerprint density at radius 3 is 1.91 bits per heavy atom. The molecule has 0 N–H and O–H groups in total. The third-order valence-corrected chi connectivity index (χ3v) is 10.7. The van der Waals surface area contributed by atoms with Crippen LogP contribution in [-0.4, -0.2) is 97.1 Å². The maximum Gasteiger partial charge on any atom is 0.412 e. The Balaban J connectivity index is 1.24. The summed E-state index contributed by atoms with van der Waals surface area (Å²) in [4.78, 5) is 31.8. The molecule has 0 aromatic heterocycles. The van der Waals surface area contributed by atoms with Gasteiger partial charge < -0.3 is 28.5 Å². The molecule has 8 nitrogen and oxygen atoms in total. The lowest BCUT2D eigenvalue weighted by Crippen LogP contribution is -2.60. The van der Waals surface area contributed by atoms with E-state index in [0.29, 0.717) is 42.3 Å². The number of hydrogen-bond acceptors (Lipinski definition) is 6. The Morgan fingerprint density at radius 2 is 1.40 bits per heavy atom. The number of nitrogens with zero attached hydrogens (tertiary/aromatic N) is 3. The van der Waals surface area contributed by atoms with Crippen LogP contribution >= 0.6 is 0 Å². The van der Waals surface area contributed by atoms with E-state index in [1.54, 1.807) is 11.8 Å². The van der Waals surface area contributed by atoms with Crippen molar-refractivity contribution in [2.45, 2.75) is 94.4 Å². The molecule has 3 atom stereocenters. The fraction of sp³-hybridized carbons (Fsp3) is 0.600. The number of piperidine rings is 2. The van der Waals surface area contributed by atoms with Gasteiger partial charge in [-0.05, 0) is 45.0 Å². The zero-order valence-corrected chi connectivity index (χ0v) is 26.0. The highest BCUT2D eigenvalue weighted by Gasteiger charge is 2.57. The number of carbonyl (C=O) groups is 2. The van der Waals surface area contributed by atoms with E-state index in [1.807, 2.05) is 60.7 Å². The van der Waals surface area contributed by atoms with Crippen molar-refractivity contribution in [1.82, 2.24) is 9.80 Å². The van der Waals surface area contributed by atoms with Crippen LogP contribution in [0.2, 0.25) is 0 Å². The Labute approximate surface area is 256 Å². The molecule has 4 fully saturated rings. The van der Waals surface area contributed by atoms with E-state index >= 15 is 0 Å². The van der Waals surface area contributed by atoms with Crippen molar-refractivity contribution in [3.63, 3.8) is 0 Å². The second-order valence-electron chi connectivity index (χ2n) is 13.3. The maximum atomic E-state index is 14.6. The van der Waals surface area contributed by atoms with Crippen molar-refractivity contribution >= 4 is 12.1 Å². The lowest BCUT2D eigenvalue weighted by molar-refractivity contribution is -0.956. The van der Waals surface area contributed by atoms with Crippen LogP contribution in [0.15, 0.2) is 60.7 Å². The lowest BCUT2D eigenvalue weighted by atomic mass is 9.85. The summed E-state index contributed by atoms with van der Waals surface area (Å²) in [6.07, 6.45) is 7.07. The standard InChI is InChI=1S/C35H48N3O5/c1-26(41-34(40)37-20-18-29(19-21-37)36(2)3)43-35(27-12-6-4-7-13-27,28-14-8-5-9-15-28)33(39)42-32-24-30-16-17-31(25-32)38(30)22-10-11-23-38/h4-9,12-15,26,29-32H,10-11,16-25H2,1-3H3/q+1/t26-,30?,31?,32?/m0/s1.